The fourth-order valence-electron chi connectivity index (χ4n) is 2.16. The first kappa shape index (κ1) is 9.59. The van der Waals surface area contributed by atoms with Gasteiger partial charge in [-0.15, -0.1) is 11.3 Å². The first-order chi connectivity index (χ1) is 7.75. The lowest BCUT2D eigenvalue weighted by Crippen LogP contribution is -2.22. The molecule has 0 bridgehead atoms. The maximum Gasteiger partial charge on any atom is 0.226 e. The molecule has 4 nitrogen and oxygen atoms in total. The minimum atomic E-state index is 0.0393. The van der Waals surface area contributed by atoms with Crippen LogP contribution in [-0.2, 0) is 4.79 Å². The van der Waals surface area contributed by atoms with Gasteiger partial charge in [-0.2, -0.15) is 5.10 Å². The van der Waals surface area contributed by atoms with Crippen molar-refractivity contribution in [3.05, 3.63) is 33.6 Å². The second-order valence-electron chi connectivity index (χ2n) is 3.93. The Hall–Kier alpha value is -1.62. The molecule has 3 rings (SSSR count). The summed E-state index contributed by atoms with van der Waals surface area (Å²) in [6.45, 7) is 1.99. The summed E-state index contributed by atoms with van der Waals surface area (Å²) in [4.78, 5) is 12.8. The van der Waals surface area contributed by atoms with Gasteiger partial charge in [0.05, 0.1) is 0 Å². The average molecular weight is 233 g/mol. The highest BCUT2D eigenvalue weighted by atomic mass is 32.1. The van der Waals surface area contributed by atoms with Crippen LogP contribution >= 0.6 is 11.3 Å². The second-order valence-corrected chi connectivity index (χ2v) is 4.91. The number of aryl methyl sites for hydroxylation is 1. The zero-order valence-electron chi connectivity index (χ0n) is 8.78. The Kier molecular flexibility index (Phi) is 2.07. The van der Waals surface area contributed by atoms with Crippen LogP contribution in [0, 0.1) is 6.92 Å². The van der Waals surface area contributed by atoms with Crippen molar-refractivity contribution in [2.24, 2.45) is 0 Å². The number of aromatic amines is 1. The van der Waals surface area contributed by atoms with E-state index in [9.17, 15) is 4.79 Å². The number of hydrogen-bond acceptors (Lipinski definition) is 3. The van der Waals surface area contributed by atoms with Gasteiger partial charge in [-0.05, 0) is 18.4 Å². The Bertz CT molecular complexity index is 529. The SMILES string of the molecule is Cc1[nH]nc2c1C(c1cccs1)CC(=O)N2. The maximum atomic E-state index is 11.6. The van der Waals surface area contributed by atoms with Gasteiger partial charge in [0, 0.05) is 28.5 Å². The predicted molar refractivity (Wildman–Crippen MR) is 62.7 cm³/mol. The molecule has 1 unspecified atom stereocenters. The highest BCUT2D eigenvalue weighted by Gasteiger charge is 2.30. The van der Waals surface area contributed by atoms with E-state index in [0.717, 1.165) is 11.3 Å². The van der Waals surface area contributed by atoms with E-state index < -0.39 is 0 Å². The van der Waals surface area contributed by atoms with Gasteiger partial charge in [0.1, 0.15) is 0 Å². The number of rotatable bonds is 1. The number of thiophene rings is 1. The van der Waals surface area contributed by atoms with Crippen molar-refractivity contribution < 1.29 is 4.79 Å². The summed E-state index contributed by atoms with van der Waals surface area (Å²) in [5, 5.41) is 11.9. The minimum Gasteiger partial charge on any atom is -0.309 e. The largest absolute Gasteiger partial charge is 0.309 e. The van der Waals surface area contributed by atoms with Crippen molar-refractivity contribution in [1.29, 1.82) is 0 Å². The molecule has 2 aromatic heterocycles. The third kappa shape index (κ3) is 1.36. The molecule has 0 spiro atoms. The van der Waals surface area contributed by atoms with E-state index in [0.29, 0.717) is 12.2 Å². The molecule has 0 saturated heterocycles. The van der Waals surface area contributed by atoms with Crippen molar-refractivity contribution in [3.63, 3.8) is 0 Å². The summed E-state index contributed by atoms with van der Waals surface area (Å²) >= 11 is 1.69. The number of aromatic nitrogens is 2. The Morgan fingerprint density at radius 3 is 3.19 bits per heavy atom. The lowest BCUT2D eigenvalue weighted by molar-refractivity contribution is -0.116. The van der Waals surface area contributed by atoms with Crippen LogP contribution in [0.3, 0.4) is 0 Å². The predicted octanol–water partition coefficient (Wildman–Crippen LogP) is 2.25. The highest BCUT2D eigenvalue weighted by molar-refractivity contribution is 7.10. The average Bonchev–Trinajstić information content (AvgIpc) is 2.87. The number of anilines is 1. The van der Waals surface area contributed by atoms with Crippen LogP contribution in [0.2, 0.25) is 0 Å². The molecular formula is C11H11N3OS. The molecular weight excluding hydrogens is 222 g/mol. The van der Waals surface area contributed by atoms with Gasteiger partial charge in [0.2, 0.25) is 5.91 Å². The Balaban J connectivity index is 2.13. The van der Waals surface area contributed by atoms with E-state index >= 15 is 0 Å². The van der Waals surface area contributed by atoms with Crippen molar-refractivity contribution >= 4 is 23.1 Å². The first-order valence-electron chi connectivity index (χ1n) is 5.14. The van der Waals surface area contributed by atoms with Crippen LogP contribution in [-0.4, -0.2) is 16.1 Å². The van der Waals surface area contributed by atoms with Crippen LogP contribution in [0.4, 0.5) is 5.82 Å². The zero-order valence-corrected chi connectivity index (χ0v) is 9.60. The van der Waals surface area contributed by atoms with Gasteiger partial charge in [0.25, 0.3) is 0 Å². The fourth-order valence-corrected chi connectivity index (χ4v) is 3.00. The van der Waals surface area contributed by atoms with Gasteiger partial charge < -0.3 is 5.32 Å². The van der Waals surface area contributed by atoms with Crippen molar-refractivity contribution in [1.82, 2.24) is 10.2 Å². The number of H-pyrrole nitrogens is 1. The van der Waals surface area contributed by atoms with Crippen LogP contribution in [0.5, 0.6) is 0 Å². The van der Waals surface area contributed by atoms with Gasteiger partial charge in [-0.1, -0.05) is 6.07 Å². The van der Waals surface area contributed by atoms with Crippen LogP contribution in [0.15, 0.2) is 17.5 Å². The molecule has 82 valence electrons. The van der Waals surface area contributed by atoms with Gasteiger partial charge in [-0.3, -0.25) is 9.89 Å². The quantitative estimate of drug-likeness (QED) is 0.793. The molecule has 1 aliphatic rings. The lowest BCUT2D eigenvalue weighted by atomic mass is 9.91. The molecule has 0 aliphatic carbocycles. The van der Waals surface area contributed by atoms with E-state index in [4.69, 9.17) is 0 Å². The summed E-state index contributed by atoms with van der Waals surface area (Å²) in [6, 6.07) is 4.09. The maximum absolute atomic E-state index is 11.6. The number of carbonyl (C=O) groups excluding carboxylic acids is 1. The number of amides is 1. The third-order valence-electron chi connectivity index (χ3n) is 2.88. The van der Waals surface area contributed by atoms with Crippen LogP contribution < -0.4 is 5.32 Å². The topological polar surface area (TPSA) is 57.8 Å². The van der Waals surface area contributed by atoms with Crippen LogP contribution in [0.1, 0.15) is 28.5 Å². The summed E-state index contributed by atoms with van der Waals surface area (Å²) in [7, 11) is 0. The van der Waals surface area contributed by atoms with Gasteiger partial charge in [0.15, 0.2) is 5.82 Å². The third-order valence-corrected chi connectivity index (χ3v) is 3.86. The molecule has 0 saturated carbocycles. The Morgan fingerprint density at radius 1 is 1.56 bits per heavy atom. The lowest BCUT2D eigenvalue weighted by Gasteiger charge is -2.21. The minimum absolute atomic E-state index is 0.0393. The Morgan fingerprint density at radius 2 is 2.44 bits per heavy atom. The normalized spacial score (nSPS) is 19.3. The molecule has 3 heterocycles. The number of nitrogens with one attached hydrogen (secondary N) is 2. The zero-order chi connectivity index (χ0) is 11.1. The standard InChI is InChI=1S/C11H11N3OS/c1-6-10-7(8-3-2-4-16-8)5-9(15)12-11(10)14-13-6/h2-4,7H,5H2,1H3,(H2,12,13,14,15). The van der Waals surface area contributed by atoms with E-state index in [2.05, 4.69) is 21.6 Å². The summed E-state index contributed by atoms with van der Waals surface area (Å²) in [5.41, 5.74) is 2.16. The molecule has 1 amide bonds. The summed E-state index contributed by atoms with van der Waals surface area (Å²) in [5.74, 6) is 0.882. The molecule has 0 aromatic carbocycles. The molecule has 0 radical (unpaired) electrons. The first-order valence-corrected chi connectivity index (χ1v) is 6.02. The number of hydrogen-bond donors (Lipinski definition) is 2. The monoisotopic (exact) mass is 233 g/mol. The van der Waals surface area contributed by atoms with Crippen molar-refractivity contribution in [3.8, 4) is 0 Å². The number of nitrogens with zero attached hydrogens (tertiary/aromatic N) is 1. The molecule has 2 N–H and O–H groups in total. The fraction of sp³-hybridized carbons (Fsp3) is 0.273. The van der Waals surface area contributed by atoms with E-state index in [1.165, 1.54) is 4.88 Å². The molecule has 1 aliphatic heterocycles. The second kappa shape index (κ2) is 3.45. The van der Waals surface area contributed by atoms with Crippen molar-refractivity contribution in [2.75, 3.05) is 5.32 Å². The summed E-state index contributed by atoms with van der Waals surface area (Å²) < 4.78 is 0. The smallest absolute Gasteiger partial charge is 0.226 e. The van der Waals surface area contributed by atoms with Crippen LogP contribution in [0.25, 0.3) is 0 Å². The summed E-state index contributed by atoms with van der Waals surface area (Å²) in [6.07, 6.45) is 0.508. The molecule has 2 aromatic rings. The number of carbonyl (C=O) groups is 1. The van der Waals surface area contributed by atoms with E-state index in [1.807, 2.05) is 18.4 Å². The molecule has 5 heteroatoms. The van der Waals surface area contributed by atoms with Gasteiger partial charge in [-0.25, -0.2) is 0 Å². The highest BCUT2D eigenvalue weighted by Crippen LogP contribution is 2.39. The Labute approximate surface area is 96.7 Å². The van der Waals surface area contributed by atoms with E-state index in [-0.39, 0.29) is 11.8 Å². The molecule has 16 heavy (non-hydrogen) atoms. The van der Waals surface area contributed by atoms with Gasteiger partial charge >= 0.3 is 0 Å². The molecule has 0 fully saturated rings. The molecule has 1 atom stereocenters. The van der Waals surface area contributed by atoms with Crippen molar-refractivity contribution in [2.45, 2.75) is 19.3 Å². The number of fused-ring (bicyclic) bond motifs is 1. The van der Waals surface area contributed by atoms with E-state index in [1.54, 1.807) is 11.3 Å².